The lowest BCUT2D eigenvalue weighted by molar-refractivity contribution is -0.165. The smallest absolute Gasteiger partial charge is 0.306 e. The van der Waals surface area contributed by atoms with Gasteiger partial charge in [-0.3, -0.25) is 9.59 Å². The molecule has 0 bridgehead atoms. The van der Waals surface area contributed by atoms with Gasteiger partial charge in [-0.05, 0) is 6.42 Å². The molecular formula is C26H47BO5. The van der Waals surface area contributed by atoms with Gasteiger partial charge in [0.1, 0.15) is 6.61 Å². The molecule has 32 heavy (non-hydrogen) atoms. The van der Waals surface area contributed by atoms with Crippen LogP contribution in [0.15, 0.2) is 0 Å². The zero-order valence-electron chi connectivity index (χ0n) is 20.7. The largest absolute Gasteiger partial charge is 0.461 e. The predicted octanol–water partition coefficient (Wildman–Crippen LogP) is 6.75. The van der Waals surface area contributed by atoms with Crippen LogP contribution in [-0.2, 0) is 23.7 Å². The quantitative estimate of drug-likeness (QED) is 0.104. The molecular weight excluding hydrogens is 403 g/mol. The van der Waals surface area contributed by atoms with Crippen molar-refractivity contribution in [1.82, 2.24) is 0 Å². The fourth-order valence-electron chi connectivity index (χ4n) is 4.35. The SMILES string of the molecule is [B]OCC1(COC(=O)CCCCCCCCCCCCCCCCCCC)CCC(=O)O1. The van der Waals surface area contributed by atoms with Gasteiger partial charge in [0.2, 0.25) is 0 Å². The zero-order valence-corrected chi connectivity index (χ0v) is 20.7. The summed E-state index contributed by atoms with van der Waals surface area (Å²) < 4.78 is 15.2. The fraction of sp³-hybridized carbons (Fsp3) is 0.923. The molecule has 0 amide bonds. The molecule has 6 heteroatoms. The van der Waals surface area contributed by atoms with Crippen LogP contribution in [0.2, 0.25) is 0 Å². The fourth-order valence-corrected chi connectivity index (χ4v) is 4.35. The van der Waals surface area contributed by atoms with Crippen molar-refractivity contribution in [1.29, 1.82) is 0 Å². The van der Waals surface area contributed by atoms with Gasteiger partial charge in [-0.1, -0.05) is 110 Å². The van der Waals surface area contributed by atoms with E-state index in [1.807, 2.05) is 0 Å². The van der Waals surface area contributed by atoms with Gasteiger partial charge >= 0.3 is 11.9 Å². The average molecular weight is 450 g/mol. The van der Waals surface area contributed by atoms with Crippen molar-refractivity contribution >= 4 is 20.0 Å². The van der Waals surface area contributed by atoms with Gasteiger partial charge in [-0.15, -0.1) is 0 Å². The molecule has 1 saturated heterocycles. The van der Waals surface area contributed by atoms with Crippen molar-refractivity contribution < 1.29 is 23.7 Å². The van der Waals surface area contributed by atoms with Gasteiger partial charge in [0, 0.05) is 19.3 Å². The lowest BCUT2D eigenvalue weighted by Crippen LogP contribution is -2.40. The van der Waals surface area contributed by atoms with Gasteiger partial charge in [-0.25, -0.2) is 0 Å². The Balaban J connectivity index is 1.84. The molecule has 0 aromatic rings. The molecule has 0 aliphatic carbocycles. The Morgan fingerprint density at radius 1 is 0.812 bits per heavy atom. The third-order valence-corrected chi connectivity index (χ3v) is 6.44. The molecule has 0 aromatic heterocycles. The summed E-state index contributed by atoms with van der Waals surface area (Å²) in [6.07, 6.45) is 23.6. The van der Waals surface area contributed by atoms with Crippen LogP contribution in [0.1, 0.15) is 135 Å². The van der Waals surface area contributed by atoms with Crippen molar-refractivity contribution in [2.45, 2.75) is 141 Å². The van der Waals surface area contributed by atoms with Crippen LogP contribution in [0, 0.1) is 0 Å². The number of esters is 2. The van der Waals surface area contributed by atoms with E-state index >= 15 is 0 Å². The molecule has 0 spiro atoms. The topological polar surface area (TPSA) is 61.8 Å². The monoisotopic (exact) mass is 450 g/mol. The second-order valence-corrected chi connectivity index (χ2v) is 9.54. The first-order valence-electron chi connectivity index (χ1n) is 13.3. The summed E-state index contributed by atoms with van der Waals surface area (Å²) in [4.78, 5) is 23.3. The predicted molar refractivity (Wildman–Crippen MR) is 130 cm³/mol. The first kappa shape index (κ1) is 29.0. The van der Waals surface area contributed by atoms with Crippen LogP contribution in [0.3, 0.4) is 0 Å². The summed E-state index contributed by atoms with van der Waals surface area (Å²) >= 11 is 0. The third-order valence-electron chi connectivity index (χ3n) is 6.44. The summed E-state index contributed by atoms with van der Waals surface area (Å²) in [6, 6.07) is 0. The Morgan fingerprint density at radius 2 is 1.28 bits per heavy atom. The van der Waals surface area contributed by atoms with Crippen LogP contribution in [0.4, 0.5) is 0 Å². The molecule has 1 aliphatic rings. The van der Waals surface area contributed by atoms with Crippen LogP contribution in [0.25, 0.3) is 0 Å². The summed E-state index contributed by atoms with van der Waals surface area (Å²) in [6.45, 7) is 2.34. The highest BCUT2D eigenvalue weighted by molar-refractivity contribution is 5.98. The van der Waals surface area contributed by atoms with Crippen molar-refractivity contribution in [3.8, 4) is 0 Å². The molecule has 0 aromatic carbocycles. The van der Waals surface area contributed by atoms with E-state index in [-0.39, 0.29) is 25.2 Å². The molecule has 0 saturated carbocycles. The van der Waals surface area contributed by atoms with Crippen molar-refractivity contribution in [3.63, 3.8) is 0 Å². The lowest BCUT2D eigenvalue weighted by atomic mass is 10.0. The van der Waals surface area contributed by atoms with Crippen molar-refractivity contribution in [3.05, 3.63) is 0 Å². The summed E-state index contributed by atoms with van der Waals surface area (Å²) in [5.74, 6) is -0.545. The molecule has 2 radical (unpaired) electrons. The van der Waals surface area contributed by atoms with E-state index in [1.165, 1.54) is 96.3 Å². The van der Waals surface area contributed by atoms with E-state index in [0.29, 0.717) is 19.3 Å². The van der Waals surface area contributed by atoms with E-state index in [0.717, 1.165) is 12.8 Å². The van der Waals surface area contributed by atoms with E-state index in [4.69, 9.17) is 17.5 Å². The molecule has 1 unspecified atom stereocenters. The summed E-state index contributed by atoms with van der Waals surface area (Å²) in [5, 5.41) is 0. The first-order valence-corrected chi connectivity index (χ1v) is 13.3. The highest BCUT2D eigenvalue weighted by Gasteiger charge is 2.41. The second-order valence-electron chi connectivity index (χ2n) is 9.54. The minimum absolute atomic E-state index is 0.0216. The minimum Gasteiger partial charge on any atom is -0.461 e. The number of carbonyl (C=O) groups is 2. The van der Waals surface area contributed by atoms with Crippen LogP contribution in [-0.4, -0.2) is 38.8 Å². The van der Waals surface area contributed by atoms with Gasteiger partial charge in [0.15, 0.2) is 5.60 Å². The number of hydrogen-bond acceptors (Lipinski definition) is 5. The maximum atomic E-state index is 12.0. The molecule has 1 atom stereocenters. The van der Waals surface area contributed by atoms with Gasteiger partial charge in [0.25, 0.3) is 8.05 Å². The number of rotatable bonds is 22. The van der Waals surface area contributed by atoms with E-state index in [9.17, 15) is 9.59 Å². The number of hydrogen-bond donors (Lipinski definition) is 0. The normalized spacial score (nSPS) is 18.1. The molecule has 1 heterocycles. The molecule has 1 fully saturated rings. The highest BCUT2D eigenvalue weighted by atomic mass is 16.6. The lowest BCUT2D eigenvalue weighted by Gasteiger charge is -2.26. The Hall–Kier alpha value is -1.04. The maximum absolute atomic E-state index is 12.0. The van der Waals surface area contributed by atoms with Crippen LogP contribution >= 0.6 is 0 Å². The Labute approximate surface area is 198 Å². The van der Waals surface area contributed by atoms with Crippen molar-refractivity contribution in [2.75, 3.05) is 13.2 Å². The second kappa shape index (κ2) is 19.4. The molecule has 5 nitrogen and oxygen atoms in total. The van der Waals surface area contributed by atoms with E-state index < -0.39 is 5.60 Å². The number of cyclic esters (lactones) is 1. The highest BCUT2D eigenvalue weighted by Crippen LogP contribution is 2.27. The van der Waals surface area contributed by atoms with Gasteiger partial charge in [-0.2, -0.15) is 0 Å². The number of ether oxygens (including phenoxy) is 2. The number of carbonyl (C=O) groups excluding carboxylic acids is 2. The average Bonchev–Trinajstić information content (AvgIpc) is 3.15. The molecule has 184 valence electrons. The summed E-state index contributed by atoms with van der Waals surface area (Å²) in [7, 11) is 5.12. The van der Waals surface area contributed by atoms with Crippen LogP contribution < -0.4 is 0 Å². The first-order chi connectivity index (χ1) is 15.6. The Morgan fingerprint density at radius 3 is 1.69 bits per heavy atom. The third kappa shape index (κ3) is 14.9. The van der Waals surface area contributed by atoms with E-state index in [2.05, 4.69) is 11.6 Å². The molecule has 0 N–H and O–H groups in total. The number of unbranched alkanes of at least 4 members (excludes halogenated alkanes) is 16. The molecule has 1 rings (SSSR count). The Bertz CT molecular complexity index is 485. The standard InChI is InChI=1S/C26H47BO5/c1-2-3-4-5-6-7-8-9-10-11-12-13-14-15-16-17-18-19-24(28)30-22-26(23-31-27)21-20-25(29)32-26/h2-23H2,1H3. The van der Waals surface area contributed by atoms with Gasteiger partial charge < -0.3 is 14.1 Å². The van der Waals surface area contributed by atoms with E-state index in [1.54, 1.807) is 0 Å². The minimum atomic E-state index is -0.907. The maximum Gasteiger partial charge on any atom is 0.306 e. The molecule has 1 aliphatic heterocycles. The van der Waals surface area contributed by atoms with Gasteiger partial charge in [0.05, 0.1) is 6.61 Å². The van der Waals surface area contributed by atoms with Crippen LogP contribution in [0.5, 0.6) is 0 Å². The van der Waals surface area contributed by atoms with Crippen molar-refractivity contribution in [2.24, 2.45) is 0 Å². The Kier molecular flexibility index (Phi) is 17.6. The summed E-state index contributed by atoms with van der Waals surface area (Å²) in [5.41, 5.74) is -0.907. The zero-order chi connectivity index (χ0) is 23.3.